The van der Waals surface area contributed by atoms with E-state index in [-0.39, 0.29) is 5.91 Å². The van der Waals surface area contributed by atoms with Crippen molar-refractivity contribution in [3.05, 3.63) is 0 Å². The molecule has 2 heterocycles. The van der Waals surface area contributed by atoms with E-state index in [1.165, 1.54) is 0 Å². The zero-order chi connectivity index (χ0) is 13.9. The lowest BCUT2D eigenvalue weighted by molar-refractivity contribution is -0.178. The van der Waals surface area contributed by atoms with Crippen LogP contribution in [0.1, 0.15) is 19.3 Å². The number of hydrogen-bond donors (Lipinski definition) is 1. The predicted molar refractivity (Wildman–Crippen MR) is 62.6 cm³/mol. The maximum Gasteiger partial charge on any atom is 0.411 e. The first-order valence-corrected chi connectivity index (χ1v) is 6.53. The van der Waals surface area contributed by atoms with Crippen molar-refractivity contribution in [2.75, 3.05) is 39.4 Å². The van der Waals surface area contributed by atoms with Gasteiger partial charge in [0.1, 0.15) is 13.2 Å². The Morgan fingerprint density at radius 2 is 1.95 bits per heavy atom. The molecule has 0 aromatic carbocycles. The van der Waals surface area contributed by atoms with Crippen LogP contribution in [0.3, 0.4) is 0 Å². The van der Waals surface area contributed by atoms with Crippen LogP contribution in [-0.2, 0) is 9.53 Å². The van der Waals surface area contributed by atoms with E-state index in [4.69, 9.17) is 0 Å². The first kappa shape index (κ1) is 14.6. The molecule has 1 spiro atoms. The maximum absolute atomic E-state index is 11.9. The molecule has 2 rings (SSSR count). The van der Waals surface area contributed by atoms with Gasteiger partial charge in [-0.25, -0.2) is 0 Å². The summed E-state index contributed by atoms with van der Waals surface area (Å²) < 4.78 is 40.1. The van der Waals surface area contributed by atoms with Gasteiger partial charge in [0, 0.05) is 19.6 Å². The third kappa shape index (κ3) is 4.07. The van der Waals surface area contributed by atoms with Gasteiger partial charge in [0.25, 0.3) is 0 Å². The average Bonchev–Trinajstić information content (AvgIpc) is 2.77. The van der Waals surface area contributed by atoms with Gasteiger partial charge < -0.3 is 15.0 Å². The lowest BCUT2D eigenvalue weighted by atomic mass is 9.78. The number of alkyl halides is 3. The fourth-order valence-electron chi connectivity index (χ4n) is 2.80. The number of amides is 1. The van der Waals surface area contributed by atoms with Gasteiger partial charge in [-0.3, -0.25) is 4.79 Å². The lowest BCUT2D eigenvalue weighted by Gasteiger charge is -2.38. The third-order valence-electron chi connectivity index (χ3n) is 4.00. The van der Waals surface area contributed by atoms with Crippen LogP contribution in [0.4, 0.5) is 13.2 Å². The molecular formula is C12H19F3N2O2. The summed E-state index contributed by atoms with van der Waals surface area (Å²) in [5.74, 6) is -0.343. The van der Waals surface area contributed by atoms with Gasteiger partial charge in [0.05, 0.1) is 0 Å². The minimum absolute atomic E-state index is 0.295. The normalized spacial score (nSPS) is 23.0. The van der Waals surface area contributed by atoms with E-state index in [2.05, 4.69) is 10.1 Å². The Morgan fingerprint density at radius 1 is 1.26 bits per heavy atom. The Labute approximate surface area is 110 Å². The molecule has 0 aliphatic carbocycles. The molecule has 0 aromatic rings. The Kier molecular flexibility index (Phi) is 4.35. The van der Waals surface area contributed by atoms with E-state index in [0.717, 1.165) is 32.4 Å². The Morgan fingerprint density at radius 3 is 2.47 bits per heavy atom. The molecule has 0 bridgehead atoms. The molecule has 1 amide bonds. The van der Waals surface area contributed by atoms with Crippen molar-refractivity contribution < 1.29 is 22.7 Å². The predicted octanol–water partition coefficient (Wildman–Crippen LogP) is 1.17. The zero-order valence-electron chi connectivity index (χ0n) is 10.8. The van der Waals surface area contributed by atoms with Crippen LogP contribution < -0.4 is 5.32 Å². The number of ether oxygens (including phenoxy) is 1. The molecule has 2 fully saturated rings. The molecule has 0 unspecified atom stereocenters. The van der Waals surface area contributed by atoms with Gasteiger partial charge >= 0.3 is 6.18 Å². The van der Waals surface area contributed by atoms with Gasteiger partial charge in [-0.1, -0.05) is 0 Å². The largest absolute Gasteiger partial charge is 0.411 e. The van der Waals surface area contributed by atoms with Crippen molar-refractivity contribution >= 4 is 5.91 Å². The Balaban J connectivity index is 1.70. The third-order valence-corrected chi connectivity index (χ3v) is 4.00. The quantitative estimate of drug-likeness (QED) is 0.843. The van der Waals surface area contributed by atoms with E-state index >= 15 is 0 Å². The molecule has 0 saturated carbocycles. The molecule has 2 aliphatic heterocycles. The van der Waals surface area contributed by atoms with E-state index in [1.54, 1.807) is 4.90 Å². The van der Waals surface area contributed by atoms with Crippen molar-refractivity contribution in [3.63, 3.8) is 0 Å². The van der Waals surface area contributed by atoms with Gasteiger partial charge in [0.2, 0.25) is 5.91 Å². The zero-order valence-corrected chi connectivity index (χ0v) is 10.8. The van der Waals surface area contributed by atoms with Crippen LogP contribution >= 0.6 is 0 Å². The number of carbonyl (C=O) groups excluding carboxylic acids is 1. The summed E-state index contributed by atoms with van der Waals surface area (Å²) in [5.41, 5.74) is 0.295. The molecule has 1 N–H and O–H groups in total. The van der Waals surface area contributed by atoms with Gasteiger partial charge in [-0.2, -0.15) is 13.2 Å². The highest BCUT2D eigenvalue weighted by atomic mass is 19.4. The number of carbonyl (C=O) groups is 1. The number of hydrogen-bond acceptors (Lipinski definition) is 3. The second-order valence-corrected chi connectivity index (χ2v) is 5.42. The monoisotopic (exact) mass is 280 g/mol. The Bertz CT molecular complexity index is 317. The second kappa shape index (κ2) is 5.66. The van der Waals surface area contributed by atoms with Gasteiger partial charge in [0.15, 0.2) is 0 Å². The van der Waals surface area contributed by atoms with Crippen LogP contribution in [0.5, 0.6) is 0 Å². The van der Waals surface area contributed by atoms with E-state index < -0.39 is 19.4 Å². The number of halogens is 3. The van der Waals surface area contributed by atoms with Gasteiger partial charge in [-0.15, -0.1) is 0 Å². The lowest BCUT2D eigenvalue weighted by Crippen LogP contribution is -2.45. The van der Waals surface area contributed by atoms with Crippen molar-refractivity contribution in [1.82, 2.24) is 10.2 Å². The van der Waals surface area contributed by atoms with Crippen molar-refractivity contribution in [2.45, 2.75) is 25.4 Å². The molecule has 0 aromatic heterocycles. The highest BCUT2D eigenvalue weighted by molar-refractivity contribution is 5.77. The van der Waals surface area contributed by atoms with Crippen molar-refractivity contribution in [2.24, 2.45) is 5.41 Å². The maximum atomic E-state index is 11.9. The minimum atomic E-state index is -4.37. The minimum Gasteiger partial charge on any atom is -0.362 e. The highest BCUT2D eigenvalue weighted by Gasteiger charge is 2.38. The summed E-state index contributed by atoms with van der Waals surface area (Å²) in [5, 5.41) is 3.32. The second-order valence-electron chi connectivity index (χ2n) is 5.42. The fourth-order valence-corrected chi connectivity index (χ4v) is 2.80. The molecule has 2 saturated heterocycles. The summed E-state index contributed by atoms with van der Waals surface area (Å²) in [6.45, 7) is 1.40. The van der Waals surface area contributed by atoms with Crippen LogP contribution in [0.2, 0.25) is 0 Å². The molecule has 19 heavy (non-hydrogen) atoms. The number of nitrogens with one attached hydrogen (secondary N) is 1. The molecule has 110 valence electrons. The van der Waals surface area contributed by atoms with E-state index in [0.29, 0.717) is 18.5 Å². The molecule has 7 heteroatoms. The number of nitrogens with zero attached hydrogens (tertiary/aromatic N) is 1. The van der Waals surface area contributed by atoms with Crippen molar-refractivity contribution in [1.29, 1.82) is 0 Å². The summed E-state index contributed by atoms with van der Waals surface area (Å²) >= 11 is 0. The molecule has 0 radical (unpaired) electrons. The molecular weight excluding hydrogens is 261 g/mol. The van der Waals surface area contributed by atoms with Crippen LogP contribution in [0.25, 0.3) is 0 Å². The number of rotatable bonds is 3. The van der Waals surface area contributed by atoms with E-state index in [1.807, 2.05) is 0 Å². The van der Waals surface area contributed by atoms with Crippen molar-refractivity contribution in [3.8, 4) is 0 Å². The van der Waals surface area contributed by atoms with Crippen LogP contribution in [0.15, 0.2) is 0 Å². The summed E-state index contributed by atoms with van der Waals surface area (Å²) in [6.07, 6.45) is -1.41. The van der Waals surface area contributed by atoms with E-state index in [9.17, 15) is 18.0 Å². The average molecular weight is 280 g/mol. The van der Waals surface area contributed by atoms with Crippen LogP contribution in [-0.4, -0.2) is 56.4 Å². The van der Waals surface area contributed by atoms with Crippen LogP contribution in [0, 0.1) is 5.41 Å². The summed E-state index contributed by atoms with van der Waals surface area (Å²) in [4.78, 5) is 13.3. The highest BCUT2D eigenvalue weighted by Crippen LogP contribution is 2.36. The smallest absolute Gasteiger partial charge is 0.362 e. The summed E-state index contributed by atoms with van der Waals surface area (Å²) in [6, 6.07) is 0. The topological polar surface area (TPSA) is 41.6 Å². The first-order chi connectivity index (χ1) is 8.90. The molecule has 0 atom stereocenters. The Hall–Kier alpha value is -0.820. The molecule has 4 nitrogen and oxygen atoms in total. The SMILES string of the molecule is O=C(COCC(F)(F)F)N1CCC2(CCNC2)CC1. The fraction of sp³-hybridized carbons (Fsp3) is 0.917. The van der Waals surface area contributed by atoms with Gasteiger partial charge in [-0.05, 0) is 31.2 Å². The summed E-state index contributed by atoms with van der Waals surface area (Å²) in [7, 11) is 0. The number of likely N-dealkylation sites (tertiary alicyclic amines) is 1. The molecule has 2 aliphatic rings. The first-order valence-electron chi connectivity index (χ1n) is 6.53. The standard InChI is InChI=1S/C12H19F3N2O2/c13-12(14,15)9-19-7-10(18)17-5-2-11(3-6-17)1-4-16-8-11/h16H,1-9H2. The number of piperidine rings is 1.